The summed E-state index contributed by atoms with van der Waals surface area (Å²) in [6.07, 6.45) is -0.132. The van der Waals surface area contributed by atoms with E-state index in [1.54, 1.807) is 11.0 Å². The van der Waals surface area contributed by atoms with Crippen molar-refractivity contribution in [2.24, 2.45) is 0 Å². The van der Waals surface area contributed by atoms with E-state index in [9.17, 15) is 14.7 Å². The summed E-state index contributed by atoms with van der Waals surface area (Å²) >= 11 is 0. The van der Waals surface area contributed by atoms with Crippen molar-refractivity contribution in [2.45, 2.75) is 52.4 Å². The molecular weight excluding hydrogens is 342 g/mol. The average molecular weight is 367 g/mol. The van der Waals surface area contributed by atoms with E-state index in [-0.39, 0.29) is 18.3 Å². The van der Waals surface area contributed by atoms with Crippen LogP contribution in [0.3, 0.4) is 0 Å². The summed E-state index contributed by atoms with van der Waals surface area (Å²) < 4.78 is 5.65. The number of nitrogens with zero attached hydrogens (tertiary/aromatic N) is 1. The van der Waals surface area contributed by atoms with Gasteiger partial charge in [-0.1, -0.05) is 29.8 Å². The topological polar surface area (TPSA) is 66.8 Å². The Balaban J connectivity index is 1.92. The van der Waals surface area contributed by atoms with E-state index < -0.39 is 11.5 Å². The smallest absolute Gasteiger partial charge is 0.264 e. The molecule has 0 bridgehead atoms. The fraction of sp³-hybridized carbons (Fsp3) is 0.364. The van der Waals surface area contributed by atoms with Crippen molar-refractivity contribution in [3.05, 3.63) is 59.2 Å². The van der Waals surface area contributed by atoms with Crippen LogP contribution in [-0.2, 0) is 21.7 Å². The molecule has 0 aromatic heterocycles. The molecule has 1 atom stereocenters. The SMILES string of the molecule is CC(=O)C[C@@]1(O)C(=O)N(Cc2ccc(OC(C)C)cc2)c2ccc(C)cc21. The Morgan fingerprint density at radius 3 is 2.44 bits per heavy atom. The number of benzene rings is 2. The molecule has 27 heavy (non-hydrogen) atoms. The number of carbonyl (C=O) groups is 2. The van der Waals surface area contributed by atoms with Gasteiger partial charge in [-0.3, -0.25) is 9.59 Å². The van der Waals surface area contributed by atoms with Crippen molar-refractivity contribution in [3.8, 4) is 5.75 Å². The molecule has 0 spiro atoms. The molecule has 1 N–H and O–H groups in total. The molecule has 5 nitrogen and oxygen atoms in total. The molecular formula is C22H25NO4. The molecule has 1 aliphatic heterocycles. The first-order chi connectivity index (χ1) is 12.7. The number of Topliss-reactive ketones (excluding diaryl/α,β-unsaturated/α-hetero) is 1. The second kappa shape index (κ2) is 7.16. The summed E-state index contributed by atoms with van der Waals surface area (Å²) in [6, 6.07) is 13.1. The van der Waals surface area contributed by atoms with E-state index in [1.807, 2.05) is 57.2 Å². The van der Waals surface area contributed by atoms with E-state index in [0.717, 1.165) is 16.9 Å². The van der Waals surface area contributed by atoms with Crippen LogP contribution in [0.25, 0.3) is 0 Å². The highest BCUT2D eigenvalue weighted by atomic mass is 16.5. The van der Waals surface area contributed by atoms with Gasteiger partial charge in [0.15, 0.2) is 5.60 Å². The predicted octanol–water partition coefficient (Wildman–Crippen LogP) is 3.50. The lowest BCUT2D eigenvalue weighted by Crippen LogP contribution is -2.41. The Labute approximate surface area is 159 Å². The van der Waals surface area contributed by atoms with Crippen LogP contribution in [0.5, 0.6) is 5.75 Å². The molecule has 3 rings (SSSR count). The number of hydrogen-bond acceptors (Lipinski definition) is 4. The number of hydrogen-bond donors (Lipinski definition) is 1. The van der Waals surface area contributed by atoms with E-state index in [2.05, 4.69) is 0 Å². The van der Waals surface area contributed by atoms with Gasteiger partial charge in [-0.25, -0.2) is 0 Å². The van der Waals surface area contributed by atoms with Crippen LogP contribution in [0.1, 0.15) is 43.9 Å². The Hall–Kier alpha value is -2.66. The highest BCUT2D eigenvalue weighted by Crippen LogP contribution is 2.43. The zero-order chi connectivity index (χ0) is 19.8. The largest absolute Gasteiger partial charge is 0.491 e. The average Bonchev–Trinajstić information content (AvgIpc) is 2.77. The Kier molecular flexibility index (Phi) is 5.07. The second-order valence-electron chi connectivity index (χ2n) is 7.46. The Bertz CT molecular complexity index is 872. The van der Waals surface area contributed by atoms with Crippen LogP contribution in [0, 0.1) is 6.92 Å². The van der Waals surface area contributed by atoms with Gasteiger partial charge >= 0.3 is 0 Å². The number of ketones is 1. The number of fused-ring (bicyclic) bond motifs is 1. The minimum Gasteiger partial charge on any atom is -0.491 e. The van der Waals surface area contributed by atoms with E-state index in [0.29, 0.717) is 17.8 Å². The molecule has 142 valence electrons. The van der Waals surface area contributed by atoms with Gasteiger partial charge in [-0.15, -0.1) is 0 Å². The van der Waals surface area contributed by atoms with Crippen LogP contribution < -0.4 is 9.64 Å². The molecule has 2 aromatic carbocycles. The maximum absolute atomic E-state index is 13.0. The van der Waals surface area contributed by atoms with E-state index in [4.69, 9.17) is 4.74 Å². The standard InChI is InChI=1S/C22H25NO4/c1-14(2)27-18-8-6-17(7-9-18)13-23-20-10-5-15(3)11-19(20)22(26,21(23)25)12-16(4)24/h5-11,14,26H,12-13H2,1-4H3/t22-/m0/s1. The highest BCUT2D eigenvalue weighted by molar-refractivity contribution is 6.08. The van der Waals surface area contributed by atoms with Gasteiger partial charge in [0.05, 0.1) is 18.3 Å². The molecule has 2 aromatic rings. The van der Waals surface area contributed by atoms with Gasteiger partial charge in [0, 0.05) is 12.0 Å². The van der Waals surface area contributed by atoms with Gasteiger partial charge < -0.3 is 14.7 Å². The summed E-state index contributed by atoms with van der Waals surface area (Å²) in [4.78, 5) is 26.3. The van der Waals surface area contributed by atoms with Gasteiger partial charge in [-0.2, -0.15) is 0 Å². The van der Waals surface area contributed by atoms with E-state index >= 15 is 0 Å². The molecule has 0 aliphatic carbocycles. The third-order valence-corrected chi connectivity index (χ3v) is 4.63. The number of aliphatic hydroxyl groups is 1. The normalized spacial score (nSPS) is 18.7. The number of aryl methyl sites for hydroxylation is 1. The first kappa shape index (κ1) is 19.1. The van der Waals surface area contributed by atoms with Crippen molar-refractivity contribution in [3.63, 3.8) is 0 Å². The van der Waals surface area contributed by atoms with Gasteiger partial charge in [0.2, 0.25) is 0 Å². The van der Waals surface area contributed by atoms with Gasteiger partial charge in [-0.05, 0) is 51.5 Å². The molecule has 1 aliphatic rings. The zero-order valence-corrected chi connectivity index (χ0v) is 16.2. The van der Waals surface area contributed by atoms with Gasteiger partial charge in [0.1, 0.15) is 11.5 Å². The van der Waals surface area contributed by atoms with Crippen LogP contribution in [0.4, 0.5) is 5.69 Å². The lowest BCUT2D eigenvalue weighted by molar-refractivity contribution is -0.141. The van der Waals surface area contributed by atoms with Crippen molar-refractivity contribution < 1.29 is 19.4 Å². The number of amides is 1. The lowest BCUT2D eigenvalue weighted by atomic mass is 9.89. The molecule has 1 amide bonds. The molecule has 0 unspecified atom stereocenters. The summed E-state index contributed by atoms with van der Waals surface area (Å²) in [5.74, 6) is 0.0850. The molecule has 0 fully saturated rings. The van der Waals surface area contributed by atoms with E-state index in [1.165, 1.54) is 6.92 Å². The fourth-order valence-electron chi connectivity index (χ4n) is 3.48. The van der Waals surface area contributed by atoms with Crippen molar-refractivity contribution in [2.75, 3.05) is 4.90 Å². The maximum atomic E-state index is 13.0. The van der Waals surface area contributed by atoms with Crippen molar-refractivity contribution in [1.29, 1.82) is 0 Å². The van der Waals surface area contributed by atoms with Crippen LogP contribution in [0.15, 0.2) is 42.5 Å². The number of anilines is 1. The third-order valence-electron chi connectivity index (χ3n) is 4.63. The highest BCUT2D eigenvalue weighted by Gasteiger charge is 2.50. The maximum Gasteiger partial charge on any atom is 0.264 e. The van der Waals surface area contributed by atoms with Crippen LogP contribution in [0.2, 0.25) is 0 Å². The van der Waals surface area contributed by atoms with Crippen LogP contribution in [-0.4, -0.2) is 22.9 Å². The quantitative estimate of drug-likeness (QED) is 0.849. The minimum atomic E-state index is -1.80. The first-order valence-corrected chi connectivity index (χ1v) is 9.11. The van der Waals surface area contributed by atoms with Crippen LogP contribution >= 0.6 is 0 Å². The van der Waals surface area contributed by atoms with Gasteiger partial charge in [0.25, 0.3) is 5.91 Å². The molecule has 1 heterocycles. The summed E-state index contributed by atoms with van der Waals surface area (Å²) in [7, 11) is 0. The summed E-state index contributed by atoms with van der Waals surface area (Å²) in [5, 5.41) is 11.1. The zero-order valence-electron chi connectivity index (χ0n) is 16.2. The summed E-state index contributed by atoms with van der Waals surface area (Å²) in [5.41, 5.74) is 1.20. The Morgan fingerprint density at radius 1 is 1.19 bits per heavy atom. The molecule has 0 radical (unpaired) electrons. The molecule has 5 heteroatoms. The lowest BCUT2D eigenvalue weighted by Gasteiger charge is -2.22. The number of ether oxygens (including phenoxy) is 1. The third kappa shape index (κ3) is 3.74. The second-order valence-corrected chi connectivity index (χ2v) is 7.46. The fourth-order valence-corrected chi connectivity index (χ4v) is 3.48. The minimum absolute atomic E-state index is 0.0905. The molecule has 0 saturated heterocycles. The summed E-state index contributed by atoms with van der Waals surface area (Å²) in [6.45, 7) is 7.53. The number of rotatable bonds is 6. The predicted molar refractivity (Wildman–Crippen MR) is 104 cm³/mol. The number of carbonyl (C=O) groups excluding carboxylic acids is 2. The molecule has 0 saturated carbocycles. The first-order valence-electron chi connectivity index (χ1n) is 9.11. The monoisotopic (exact) mass is 367 g/mol. The van der Waals surface area contributed by atoms with Crippen molar-refractivity contribution in [1.82, 2.24) is 0 Å². The van der Waals surface area contributed by atoms with Crippen molar-refractivity contribution >= 4 is 17.4 Å². The Morgan fingerprint density at radius 2 is 1.85 bits per heavy atom.